The Hall–Kier alpha value is -2.87. The maximum absolute atomic E-state index is 12.7. The number of rotatable bonds is 0. The van der Waals surface area contributed by atoms with Crippen LogP contribution in [0.5, 0.6) is 17.2 Å². The zero-order chi connectivity index (χ0) is 18.1. The number of aliphatic hydroxyl groups excluding tert-OH is 1. The van der Waals surface area contributed by atoms with Crippen LogP contribution in [0.4, 0.5) is 0 Å². The van der Waals surface area contributed by atoms with Crippen molar-refractivity contribution in [3.8, 4) is 17.2 Å². The number of hydrogen-bond donors (Lipinski definition) is 2. The Bertz CT molecular complexity index is 1120. The monoisotopic (exact) mass is 364 g/mol. The summed E-state index contributed by atoms with van der Waals surface area (Å²) in [5.41, 5.74) is 1.69. The van der Waals surface area contributed by atoms with Gasteiger partial charge >= 0.3 is 0 Å². The third-order valence-electron chi connectivity index (χ3n) is 5.91. The van der Waals surface area contributed by atoms with Crippen LogP contribution >= 0.6 is 0 Å². The Kier molecular flexibility index (Phi) is 2.11. The molecule has 0 radical (unpaired) electrons. The Labute approximate surface area is 152 Å². The Morgan fingerprint density at radius 1 is 1.04 bits per heavy atom. The van der Waals surface area contributed by atoms with E-state index < -0.39 is 29.9 Å². The highest BCUT2D eigenvalue weighted by molar-refractivity contribution is 6.07. The third-order valence-corrected chi connectivity index (χ3v) is 5.91. The second-order valence-corrected chi connectivity index (χ2v) is 7.34. The fourth-order valence-corrected chi connectivity index (χ4v) is 4.78. The molecule has 7 nitrogen and oxygen atoms in total. The summed E-state index contributed by atoms with van der Waals surface area (Å²) in [5, 5.41) is 20.7. The van der Waals surface area contributed by atoms with Gasteiger partial charge in [-0.2, -0.15) is 0 Å². The number of ether oxygens (including phenoxy) is 4. The van der Waals surface area contributed by atoms with Crippen molar-refractivity contribution in [3.63, 3.8) is 0 Å². The Balaban J connectivity index is 1.60. The van der Waals surface area contributed by atoms with Gasteiger partial charge in [0.15, 0.2) is 18.0 Å². The molecular formula is C20H12O7. The second-order valence-electron chi connectivity index (χ2n) is 7.34. The van der Waals surface area contributed by atoms with Gasteiger partial charge < -0.3 is 24.4 Å². The molecule has 2 bridgehead atoms. The van der Waals surface area contributed by atoms with Crippen LogP contribution in [0.25, 0.3) is 0 Å². The number of aromatic hydroxyl groups is 1. The van der Waals surface area contributed by atoms with Crippen LogP contribution in [0.3, 0.4) is 0 Å². The molecular weight excluding hydrogens is 352 g/mol. The fraction of sp³-hybridized carbons (Fsp3) is 0.250. The number of phenols is 1. The van der Waals surface area contributed by atoms with Crippen molar-refractivity contribution in [2.45, 2.75) is 29.9 Å². The minimum Gasteiger partial charge on any atom is -0.507 e. The summed E-state index contributed by atoms with van der Waals surface area (Å²) in [6.07, 6.45) is 1.12. The van der Waals surface area contributed by atoms with Gasteiger partial charge in [-0.1, -0.05) is 12.1 Å². The minimum atomic E-state index is -1.40. The molecule has 5 aliphatic rings. The molecule has 3 aliphatic heterocycles. The number of aliphatic hydroxyl groups is 1. The first-order chi connectivity index (χ1) is 13.0. The molecule has 0 aromatic heterocycles. The van der Waals surface area contributed by atoms with Crippen LogP contribution in [0.1, 0.15) is 33.2 Å². The highest BCUT2D eigenvalue weighted by Gasteiger charge is 2.74. The summed E-state index contributed by atoms with van der Waals surface area (Å²) in [5.74, 6) is -2.29. The van der Waals surface area contributed by atoms with Gasteiger partial charge in [-0.05, 0) is 35.9 Å². The number of carbonyl (C=O) groups is 1. The summed E-state index contributed by atoms with van der Waals surface area (Å²) in [4.78, 5) is 12.7. The summed E-state index contributed by atoms with van der Waals surface area (Å²) in [6, 6.07) is 8.37. The fourth-order valence-electron chi connectivity index (χ4n) is 4.78. The number of hydrogen-bond acceptors (Lipinski definition) is 7. The van der Waals surface area contributed by atoms with E-state index in [9.17, 15) is 15.0 Å². The Morgan fingerprint density at radius 2 is 1.89 bits per heavy atom. The molecule has 5 atom stereocenters. The lowest BCUT2D eigenvalue weighted by Gasteiger charge is -2.53. The number of Topliss-reactive ketones (excluding diaryl/α,β-unsaturated/α-hetero) is 1. The van der Waals surface area contributed by atoms with Gasteiger partial charge in [-0.3, -0.25) is 9.53 Å². The van der Waals surface area contributed by atoms with Crippen molar-refractivity contribution >= 4 is 5.78 Å². The lowest BCUT2D eigenvalue weighted by Crippen LogP contribution is -2.60. The largest absolute Gasteiger partial charge is 0.507 e. The smallest absolute Gasteiger partial charge is 0.275 e. The number of phenolic OH excluding ortho intramolecular Hbond substituents is 1. The van der Waals surface area contributed by atoms with Crippen molar-refractivity contribution < 1.29 is 34.0 Å². The van der Waals surface area contributed by atoms with Crippen LogP contribution in [0, 0.1) is 0 Å². The SMILES string of the molecule is O=C1c2c(O)ccc3c2C2(Oc4cccc5c4C(C=C[C@@H]5O)(O3)O2)C2OC12. The molecule has 27 heavy (non-hydrogen) atoms. The molecule has 2 N–H and O–H groups in total. The van der Waals surface area contributed by atoms with Gasteiger partial charge in [0.05, 0.1) is 22.8 Å². The average Bonchev–Trinajstić information content (AvgIpc) is 3.46. The first-order valence-electron chi connectivity index (χ1n) is 8.69. The van der Waals surface area contributed by atoms with Crippen molar-refractivity contribution in [2.24, 2.45) is 0 Å². The predicted molar refractivity (Wildman–Crippen MR) is 87.3 cm³/mol. The van der Waals surface area contributed by atoms with Gasteiger partial charge in [0.25, 0.3) is 11.6 Å². The molecule has 0 saturated carbocycles. The van der Waals surface area contributed by atoms with Crippen molar-refractivity contribution in [2.75, 3.05) is 0 Å². The first kappa shape index (κ1) is 14.2. The van der Waals surface area contributed by atoms with Gasteiger partial charge in [-0.25, -0.2) is 0 Å². The van der Waals surface area contributed by atoms with Gasteiger partial charge in [-0.15, -0.1) is 0 Å². The normalized spacial score (nSPS) is 38.1. The van der Waals surface area contributed by atoms with E-state index in [1.165, 1.54) is 6.07 Å². The minimum absolute atomic E-state index is 0.112. The van der Waals surface area contributed by atoms with Gasteiger partial charge in [0, 0.05) is 0 Å². The second kappa shape index (κ2) is 4.01. The van der Waals surface area contributed by atoms with E-state index in [0.717, 1.165) is 0 Å². The zero-order valence-electron chi connectivity index (χ0n) is 13.7. The standard InChI is InChI=1S/C20H12O7/c21-9-6-7-19-14-8(9)2-1-3-11(14)26-20(27-19)15-12(25-19)5-4-10(22)13(15)16(23)17-18(20)24-17/h1-7,9,17-18,21-22H/t9-,17?,18?,19?,20?/m0/s1. The maximum atomic E-state index is 12.7. The average molecular weight is 364 g/mol. The number of carbonyl (C=O) groups excluding carboxylic acids is 1. The number of ketones is 1. The molecule has 3 heterocycles. The molecule has 0 amide bonds. The van der Waals surface area contributed by atoms with Crippen molar-refractivity contribution in [1.82, 2.24) is 0 Å². The molecule has 134 valence electrons. The predicted octanol–water partition coefficient (Wildman–Crippen LogP) is 1.77. The van der Waals surface area contributed by atoms with E-state index in [4.69, 9.17) is 18.9 Å². The van der Waals surface area contributed by atoms with E-state index in [2.05, 4.69) is 0 Å². The van der Waals surface area contributed by atoms with Gasteiger partial charge in [0.2, 0.25) is 0 Å². The molecule has 2 aliphatic carbocycles. The molecule has 7 heteroatoms. The lowest BCUT2D eigenvalue weighted by atomic mass is 9.80. The van der Waals surface area contributed by atoms with E-state index in [-0.39, 0.29) is 17.1 Å². The number of benzene rings is 2. The molecule has 2 aromatic carbocycles. The van der Waals surface area contributed by atoms with E-state index >= 15 is 0 Å². The summed E-state index contributed by atoms with van der Waals surface area (Å²) in [7, 11) is 0. The summed E-state index contributed by atoms with van der Waals surface area (Å²) >= 11 is 0. The quantitative estimate of drug-likeness (QED) is 0.543. The highest BCUT2D eigenvalue weighted by atomic mass is 16.8. The number of fused-ring (bicyclic) bond motifs is 1. The summed E-state index contributed by atoms with van der Waals surface area (Å²) < 4.78 is 24.6. The van der Waals surface area contributed by atoms with Crippen LogP contribution in [-0.4, -0.2) is 28.2 Å². The van der Waals surface area contributed by atoms with Crippen LogP contribution in [0.2, 0.25) is 0 Å². The van der Waals surface area contributed by atoms with Crippen molar-refractivity contribution in [1.29, 1.82) is 0 Å². The van der Waals surface area contributed by atoms with Crippen LogP contribution in [-0.2, 0) is 21.0 Å². The topological polar surface area (TPSA) is 97.8 Å². The molecule has 2 aromatic rings. The third kappa shape index (κ3) is 1.39. The van der Waals surface area contributed by atoms with E-state index in [0.29, 0.717) is 28.2 Å². The summed E-state index contributed by atoms with van der Waals surface area (Å²) in [6.45, 7) is 0. The van der Waals surface area contributed by atoms with E-state index in [1.54, 1.807) is 36.4 Å². The zero-order valence-corrected chi connectivity index (χ0v) is 13.7. The number of epoxide rings is 1. The molecule has 1 fully saturated rings. The highest BCUT2D eigenvalue weighted by Crippen LogP contribution is 2.64. The van der Waals surface area contributed by atoms with Gasteiger partial charge in [0.1, 0.15) is 17.2 Å². The molecule has 7 rings (SSSR count). The maximum Gasteiger partial charge on any atom is 0.275 e. The van der Waals surface area contributed by atoms with Crippen molar-refractivity contribution in [3.05, 3.63) is 64.7 Å². The molecule has 4 unspecified atom stereocenters. The van der Waals surface area contributed by atoms with Crippen LogP contribution < -0.4 is 9.47 Å². The lowest BCUT2D eigenvalue weighted by molar-refractivity contribution is -0.346. The van der Waals surface area contributed by atoms with E-state index in [1.807, 2.05) is 0 Å². The molecule has 2 spiro atoms. The molecule has 1 saturated heterocycles. The Morgan fingerprint density at radius 3 is 2.78 bits per heavy atom. The first-order valence-corrected chi connectivity index (χ1v) is 8.69. The van der Waals surface area contributed by atoms with Crippen LogP contribution in [0.15, 0.2) is 42.5 Å².